The van der Waals surface area contributed by atoms with Crippen LogP contribution in [0.4, 0.5) is 4.39 Å². The highest BCUT2D eigenvalue weighted by Crippen LogP contribution is 2.52. The van der Waals surface area contributed by atoms with E-state index in [-0.39, 0.29) is 28.6 Å². The molecule has 5 nitrogen and oxygen atoms in total. The molecule has 1 amide bonds. The first-order valence-electron chi connectivity index (χ1n) is 13.1. The van der Waals surface area contributed by atoms with E-state index in [2.05, 4.69) is 25.7 Å². The summed E-state index contributed by atoms with van der Waals surface area (Å²) in [6.07, 6.45) is 3.24. The van der Waals surface area contributed by atoms with Crippen molar-refractivity contribution in [2.75, 3.05) is 13.7 Å². The number of benzene rings is 2. The van der Waals surface area contributed by atoms with Gasteiger partial charge in [-0.2, -0.15) is 0 Å². The normalized spacial score (nSPS) is 22.4. The van der Waals surface area contributed by atoms with Crippen LogP contribution in [-0.2, 0) is 19.6 Å². The van der Waals surface area contributed by atoms with Crippen LogP contribution in [0.1, 0.15) is 67.5 Å². The van der Waals surface area contributed by atoms with E-state index >= 15 is 0 Å². The van der Waals surface area contributed by atoms with Gasteiger partial charge in [-0.05, 0) is 77.6 Å². The van der Waals surface area contributed by atoms with E-state index in [0.29, 0.717) is 25.4 Å². The standard InChI is InChI=1S/C31H37FN2O3/c1-30(2)15-25-16-31(3,20-30)21-34(25)29(35)28-12-11-27(37-28)19-33(17-22-7-5-9-24(32)13-22)18-23-8-6-10-26(14-23)36-4/h5-14,25H,15-21H2,1-4H3. The molecule has 2 bridgehead atoms. The zero-order valence-electron chi connectivity index (χ0n) is 22.3. The third-order valence-electron chi connectivity index (χ3n) is 7.76. The summed E-state index contributed by atoms with van der Waals surface area (Å²) in [7, 11) is 1.65. The highest BCUT2D eigenvalue weighted by atomic mass is 19.1. The van der Waals surface area contributed by atoms with Gasteiger partial charge in [0.05, 0.1) is 13.7 Å². The molecule has 3 aromatic rings. The lowest BCUT2D eigenvalue weighted by molar-refractivity contribution is 0.0672. The van der Waals surface area contributed by atoms with Gasteiger partial charge in [0, 0.05) is 25.7 Å². The Morgan fingerprint density at radius 1 is 1.03 bits per heavy atom. The monoisotopic (exact) mass is 504 g/mol. The maximum absolute atomic E-state index is 13.9. The number of ether oxygens (including phenoxy) is 1. The number of hydrogen-bond acceptors (Lipinski definition) is 4. The lowest BCUT2D eigenvalue weighted by Crippen LogP contribution is -2.37. The molecular formula is C31H37FN2O3. The zero-order valence-corrected chi connectivity index (χ0v) is 22.3. The third kappa shape index (κ3) is 5.90. The van der Waals surface area contributed by atoms with E-state index < -0.39 is 0 Å². The Morgan fingerprint density at radius 2 is 1.76 bits per heavy atom. The van der Waals surface area contributed by atoms with Gasteiger partial charge in [-0.25, -0.2) is 4.39 Å². The number of amides is 1. The van der Waals surface area contributed by atoms with E-state index in [9.17, 15) is 9.18 Å². The molecule has 1 aliphatic heterocycles. The minimum absolute atomic E-state index is 0.0119. The Hall–Kier alpha value is -3.12. The number of likely N-dealkylation sites (tertiary alicyclic amines) is 1. The number of methoxy groups -OCH3 is 1. The second kappa shape index (κ2) is 9.97. The van der Waals surface area contributed by atoms with Gasteiger partial charge in [0.2, 0.25) is 0 Å². The van der Waals surface area contributed by atoms with Crippen LogP contribution in [0.25, 0.3) is 0 Å². The molecule has 37 heavy (non-hydrogen) atoms. The number of halogens is 1. The molecule has 2 fully saturated rings. The van der Waals surface area contributed by atoms with E-state index in [1.165, 1.54) is 6.07 Å². The summed E-state index contributed by atoms with van der Waals surface area (Å²) in [6, 6.07) is 18.6. The lowest BCUT2D eigenvalue weighted by Gasteiger charge is -2.39. The van der Waals surface area contributed by atoms with E-state index in [4.69, 9.17) is 9.15 Å². The fourth-order valence-electron chi connectivity index (χ4n) is 6.73. The molecule has 0 N–H and O–H groups in total. The summed E-state index contributed by atoms with van der Waals surface area (Å²) in [6.45, 7) is 9.38. The smallest absolute Gasteiger partial charge is 0.289 e. The number of nitrogens with zero attached hydrogens (tertiary/aromatic N) is 2. The van der Waals surface area contributed by atoms with Crippen molar-refractivity contribution in [2.45, 2.75) is 65.7 Å². The Balaban J connectivity index is 1.33. The van der Waals surface area contributed by atoms with Crippen molar-refractivity contribution >= 4 is 5.91 Å². The molecule has 196 valence electrons. The Kier molecular flexibility index (Phi) is 6.88. The molecule has 6 heteroatoms. The Bertz CT molecular complexity index is 1270. The molecule has 1 aromatic heterocycles. The number of rotatable bonds is 8. The van der Waals surface area contributed by atoms with Crippen molar-refractivity contribution in [3.63, 3.8) is 0 Å². The van der Waals surface area contributed by atoms with Crippen molar-refractivity contribution in [1.82, 2.24) is 9.80 Å². The molecule has 0 spiro atoms. The Labute approximate surface area is 219 Å². The van der Waals surface area contributed by atoms with E-state index in [1.807, 2.05) is 41.3 Å². The first-order chi connectivity index (χ1) is 17.6. The van der Waals surface area contributed by atoms with Gasteiger partial charge in [0.1, 0.15) is 17.3 Å². The van der Waals surface area contributed by atoms with Crippen LogP contribution in [0, 0.1) is 16.6 Å². The van der Waals surface area contributed by atoms with Gasteiger partial charge in [0.25, 0.3) is 5.91 Å². The fraction of sp³-hybridized carbons (Fsp3) is 0.452. The zero-order chi connectivity index (χ0) is 26.2. The second-order valence-electron chi connectivity index (χ2n) is 12.0. The first kappa shape index (κ1) is 25.5. The minimum Gasteiger partial charge on any atom is -0.497 e. The Morgan fingerprint density at radius 3 is 2.49 bits per heavy atom. The quantitative estimate of drug-likeness (QED) is 0.344. The van der Waals surface area contributed by atoms with Crippen LogP contribution in [0.3, 0.4) is 0 Å². The van der Waals surface area contributed by atoms with Gasteiger partial charge < -0.3 is 14.1 Å². The van der Waals surface area contributed by atoms with Crippen LogP contribution in [0.5, 0.6) is 5.75 Å². The van der Waals surface area contributed by atoms with Gasteiger partial charge in [-0.15, -0.1) is 0 Å². The van der Waals surface area contributed by atoms with Crippen LogP contribution in [0.15, 0.2) is 65.1 Å². The summed E-state index contributed by atoms with van der Waals surface area (Å²) in [4.78, 5) is 17.7. The summed E-state index contributed by atoms with van der Waals surface area (Å²) < 4.78 is 25.4. The topological polar surface area (TPSA) is 45.9 Å². The summed E-state index contributed by atoms with van der Waals surface area (Å²) in [5.41, 5.74) is 2.39. The van der Waals surface area contributed by atoms with Crippen molar-refractivity contribution in [1.29, 1.82) is 0 Å². The van der Waals surface area contributed by atoms with Crippen molar-refractivity contribution in [3.05, 3.63) is 89.1 Å². The third-order valence-corrected chi connectivity index (χ3v) is 7.76. The molecule has 0 radical (unpaired) electrons. The molecule has 1 saturated carbocycles. The minimum atomic E-state index is -0.252. The maximum Gasteiger partial charge on any atom is 0.289 e. The highest BCUT2D eigenvalue weighted by Gasteiger charge is 2.51. The summed E-state index contributed by atoms with van der Waals surface area (Å²) in [5, 5.41) is 0. The van der Waals surface area contributed by atoms with Crippen molar-refractivity contribution < 1.29 is 18.3 Å². The van der Waals surface area contributed by atoms with E-state index in [0.717, 1.165) is 48.4 Å². The van der Waals surface area contributed by atoms with Gasteiger partial charge in [-0.3, -0.25) is 9.69 Å². The molecule has 2 atom stereocenters. The number of carbonyl (C=O) groups excluding carboxylic acids is 1. The average Bonchev–Trinajstić information content (AvgIpc) is 3.39. The van der Waals surface area contributed by atoms with Crippen molar-refractivity contribution in [2.24, 2.45) is 10.8 Å². The molecule has 1 saturated heterocycles. The largest absolute Gasteiger partial charge is 0.497 e. The molecule has 1 aliphatic carbocycles. The maximum atomic E-state index is 13.9. The summed E-state index contributed by atoms with van der Waals surface area (Å²) >= 11 is 0. The fourth-order valence-corrected chi connectivity index (χ4v) is 6.73. The van der Waals surface area contributed by atoms with E-state index in [1.54, 1.807) is 25.3 Å². The predicted octanol–water partition coefficient (Wildman–Crippen LogP) is 6.67. The number of hydrogen-bond donors (Lipinski definition) is 0. The number of furan rings is 1. The number of carbonyl (C=O) groups is 1. The van der Waals surface area contributed by atoms with Crippen LogP contribution < -0.4 is 4.74 Å². The van der Waals surface area contributed by atoms with Crippen molar-refractivity contribution in [3.8, 4) is 5.75 Å². The summed E-state index contributed by atoms with van der Waals surface area (Å²) in [5.74, 6) is 1.65. The van der Waals surface area contributed by atoms with Crippen LogP contribution >= 0.6 is 0 Å². The van der Waals surface area contributed by atoms with Gasteiger partial charge in [-0.1, -0.05) is 45.0 Å². The number of fused-ring (bicyclic) bond motifs is 2. The molecule has 2 aromatic carbocycles. The van der Waals surface area contributed by atoms with Crippen LogP contribution in [-0.4, -0.2) is 35.4 Å². The molecule has 5 rings (SSSR count). The van der Waals surface area contributed by atoms with Gasteiger partial charge in [0.15, 0.2) is 5.76 Å². The molecule has 2 heterocycles. The lowest BCUT2D eigenvalue weighted by atomic mass is 9.65. The molecular weight excluding hydrogens is 467 g/mol. The first-order valence-corrected chi connectivity index (χ1v) is 13.1. The average molecular weight is 505 g/mol. The molecule has 2 unspecified atom stereocenters. The van der Waals surface area contributed by atoms with Gasteiger partial charge >= 0.3 is 0 Å². The van der Waals surface area contributed by atoms with Crippen LogP contribution in [0.2, 0.25) is 0 Å². The predicted molar refractivity (Wildman–Crippen MR) is 142 cm³/mol. The highest BCUT2D eigenvalue weighted by molar-refractivity contribution is 5.92. The SMILES string of the molecule is COc1cccc(CN(Cc2cccc(F)c2)Cc2ccc(C(=O)N3CC4(C)CC3CC(C)(C)C4)o2)c1. The molecule has 2 aliphatic rings. The second-order valence-corrected chi connectivity index (χ2v) is 12.0.